The van der Waals surface area contributed by atoms with Gasteiger partial charge < -0.3 is 9.47 Å². The Morgan fingerprint density at radius 3 is 1.72 bits per heavy atom. The van der Waals surface area contributed by atoms with Crippen LogP contribution in [-0.4, -0.2) is 37.3 Å². The molecule has 2 N–H and O–H groups in total. The summed E-state index contributed by atoms with van der Waals surface area (Å²) in [5.74, 6) is 0.000838. The van der Waals surface area contributed by atoms with E-state index in [1.807, 2.05) is 53.7 Å². The average Bonchev–Trinajstić information content (AvgIpc) is 3.04. The van der Waals surface area contributed by atoms with Gasteiger partial charge in [0.15, 0.2) is 5.78 Å². The standard InChI is InChI=1S/C36H42O9S2/c1-7-21-35(5,8-2)28-17-15-24(22-32(28)46(38,39)40)34(37)25-16-18-31(33(23-25)47(41,42)43)44-29-19-20-30(45-36(6,9-3)10-4)27-14-12-11-13-26(27)29/h11-20,22-23H,7-10,21H2,1-6H3,(H,38,39,40)(H,41,42,43). The number of carbonyl (C=O) groups excluding carboxylic acids is 1. The molecule has 4 aromatic rings. The van der Waals surface area contributed by atoms with E-state index in [1.165, 1.54) is 24.3 Å². The third-order valence-electron chi connectivity index (χ3n) is 9.15. The zero-order chi connectivity index (χ0) is 34.8. The van der Waals surface area contributed by atoms with E-state index in [2.05, 4.69) is 0 Å². The molecule has 0 fully saturated rings. The van der Waals surface area contributed by atoms with Gasteiger partial charge in [-0.05, 0) is 80.0 Å². The summed E-state index contributed by atoms with van der Waals surface area (Å²) in [4.78, 5) is 12.6. The van der Waals surface area contributed by atoms with Crippen molar-refractivity contribution in [2.75, 3.05) is 0 Å². The van der Waals surface area contributed by atoms with Crippen molar-refractivity contribution in [3.05, 3.63) is 89.5 Å². The summed E-state index contributed by atoms with van der Waals surface area (Å²) in [5.41, 5.74) is -0.796. The quantitative estimate of drug-likeness (QED) is 0.0985. The number of carbonyl (C=O) groups is 1. The molecule has 4 aromatic carbocycles. The van der Waals surface area contributed by atoms with E-state index in [4.69, 9.17) is 9.47 Å². The van der Waals surface area contributed by atoms with E-state index in [0.29, 0.717) is 35.3 Å². The fraction of sp³-hybridized carbons (Fsp3) is 0.361. The van der Waals surface area contributed by atoms with Crippen LogP contribution in [0.25, 0.3) is 10.8 Å². The highest BCUT2D eigenvalue weighted by molar-refractivity contribution is 7.86. The first-order valence-corrected chi connectivity index (χ1v) is 18.5. The van der Waals surface area contributed by atoms with Gasteiger partial charge in [-0.25, -0.2) is 0 Å². The Bertz CT molecular complexity index is 2010. The second-order valence-electron chi connectivity index (χ2n) is 12.3. The fourth-order valence-electron chi connectivity index (χ4n) is 5.73. The Labute approximate surface area is 277 Å². The van der Waals surface area contributed by atoms with E-state index in [0.717, 1.165) is 36.8 Å². The third-order valence-corrected chi connectivity index (χ3v) is 10.9. The summed E-state index contributed by atoms with van der Waals surface area (Å²) >= 11 is 0. The number of benzene rings is 4. The first-order valence-electron chi connectivity index (χ1n) is 15.7. The number of hydrogen-bond donors (Lipinski definition) is 2. The number of fused-ring (bicyclic) bond motifs is 1. The zero-order valence-corrected chi connectivity index (χ0v) is 29.2. The molecule has 0 aromatic heterocycles. The number of ketones is 1. The highest BCUT2D eigenvalue weighted by Crippen LogP contribution is 2.40. The molecule has 0 saturated carbocycles. The van der Waals surface area contributed by atoms with Crippen LogP contribution in [0, 0.1) is 0 Å². The SMILES string of the molecule is CCCC(C)(CC)c1ccc(C(=O)c2ccc(Oc3ccc(OC(C)(CC)CC)c4ccccc34)c(S(=O)(=O)O)c2)cc1S(=O)(=O)O. The maximum absolute atomic E-state index is 13.6. The van der Waals surface area contributed by atoms with Crippen LogP contribution in [0.5, 0.6) is 17.2 Å². The molecule has 0 spiro atoms. The van der Waals surface area contributed by atoms with Gasteiger partial charge >= 0.3 is 0 Å². The maximum atomic E-state index is 13.6. The van der Waals surface area contributed by atoms with Gasteiger partial charge in [0.05, 0.1) is 4.90 Å². The van der Waals surface area contributed by atoms with Crippen LogP contribution < -0.4 is 9.47 Å². The molecule has 0 aliphatic heterocycles. The van der Waals surface area contributed by atoms with Gasteiger partial charge in [0.2, 0.25) is 0 Å². The minimum absolute atomic E-state index is 0.0842. The summed E-state index contributed by atoms with van der Waals surface area (Å²) in [6.45, 7) is 11.9. The lowest BCUT2D eigenvalue weighted by Crippen LogP contribution is -2.30. The van der Waals surface area contributed by atoms with Crippen LogP contribution in [0.2, 0.25) is 0 Å². The second-order valence-corrected chi connectivity index (χ2v) is 15.1. The molecule has 0 saturated heterocycles. The number of rotatable bonds is 14. The van der Waals surface area contributed by atoms with Crippen molar-refractivity contribution in [2.24, 2.45) is 0 Å². The minimum atomic E-state index is -4.89. The topological polar surface area (TPSA) is 144 Å². The van der Waals surface area contributed by atoms with Crippen molar-refractivity contribution >= 4 is 36.8 Å². The molecule has 252 valence electrons. The molecule has 11 heteroatoms. The van der Waals surface area contributed by atoms with Crippen molar-refractivity contribution < 1.29 is 40.2 Å². The molecule has 1 unspecified atom stereocenters. The Balaban J connectivity index is 1.77. The predicted octanol–water partition coefficient (Wildman–Crippen LogP) is 8.78. The van der Waals surface area contributed by atoms with Crippen molar-refractivity contribution in [3.8, 4) is 17.2 Å². The van der Waals surface area contributed by atoms with Crippen LogP contribution in [0.3, 0.4) is 0 Å². The number of ether oxygens (including phenoxy) is 2. The molecule has 0 heterocycles. The van der Waals surface area contributed by atoms with Crippen molar-refractivity contribution in [1.82, 2.24) is 0 Å². The molecule has 47 heavy (non-hydrogen) atoms. The highest BCUT2D eigenvalue weighted by Gasteiger charge is 2.32. The molecule has 0 bridgehead atoms. The summed E-state index contributed by atoms with van der Waals surface area (Å²) in [6, 6.07) is 18.4. The van der Waals surface area contributed by atoms with E-state index >= 15 is 0 Å². The van der Waals surface area contributed by atoms with Crippen molar-refractivity contribution in [3.63, 3.8) is 0 Å². The van der Waals surface area contributed by atoms with Crippen LogP contribution in [-0.2, 0) is 25.7 Å². The van der Waals surface area contributed by atoms with Crippen molar-refractivity contribution in [2.45, 2.75) is 94.5 Å². The monoisotopic (exact) mass is 682 g/mol. The van der Waals surface area contributed by atoms with Gasteiger partial charge in [0.25, 0.3) is 20.2 Å². The smallest absolute Gasteiger partial charge is 0.298 e. The molecule has 0 aliphatic rings. The van der Waals surface area contributed by atoms with Gasteiger partial charge in [-0.3, -0.25) is 13.9 Å². The lowest BCUT2D eigenvalue weighted by atomic mass is 9.76. The summed E-state index contributed by atoms with van der Waals surface area (Å²) < 4.78 is 82.7. The molecule has 0 aliphatic carbocycles. The van der Waals surface area contributed by atoms with Crippen molar-refractivity contribution in [1.29, 1.82) is 0 Å². The lowest BCUT2D eigenvalue weighted by Gasteiger charge is -2.30. The van der Waals surface area contributed by atoms with E-state index in [9.17, 15) is 30.7 Å². The number of hydrogen-bond acceptors (Lipinski definition) is 7. The Kier molecular flexibility index (Phi) is 10.6. The Hall–Kier alpha value is -3.77. The van der Waals surface area contributed by atoms with Gasteiger partial charge in [-0.15, -0.1) is 0 Å². The largest absolute Gasteiger partial charge is 0.487 e. The molecule has 1 atom stereocenters. The molecule has 0 radical (unpaired) electrons. The van der Waals surface area contributed by atoms with E-state index < -0.39 is 36.3 Å². The molecular weight excluding hydrogens is 641 g/mol. The zero-order valence-electron chi connectivity index (χ0n) is 27.5. The summed E-state index contributed by atoms with van der Waals surface area (Å²) in [6.07, 6.45) is 3.60. The summed E-state index contributed by atoms with van der Waals surface area (Å²) in [7, 11) is -9.60. The first kappa shape index (κ1) is 36.1. The first-order chi connectivity index (χ1) is 22.0. The lowest BCUT2D eigenvalue weighted by molar-refractivity contribution is 0.0821. The Morgan fingerprint density at radius 2 is 1.19 bits per heavy atom. The highest BCUT2D eigenvalue weighted by atomic mass is 32.2. The Morgan fingerprint density at radius 1 is 0.681 bits per heavy atom. The molecular formula is C36H42O9S2. The van der Waals surface area contributed by atoms with Crippen LogP contribution in [0.4, 0.5) is 0 Å². The van der Waals surface area contributed by atoms with Crippen LogP contribution in [0.1, 0.15) is 95.1 Å². The average molecular weight is 683 g/mol. The van der Waals surface area contributed by atoms with E-state index in [-0.39, 0.29) is 27.4 Å². The van der Waals surface area contributed by atoms with E-state index in [1.54, 1.807) is 24.3 Å². The minimum Gasteiger partial charge on any atom is -0.487 e. The van der Waals surface area contributed by atoms with Crippen LogP contribution >= 0.6 is 0 Å². The maximum Gasteiger partial charge on any atom is 0.298 e. The van der Waals surface area contributed by atoms with Gasteiger partial charge in [0.1, 0.15) is 27.7 Å². The normalized spacial score (nSPS) is 13.7. The van der Waals surface area contributed by atoms with Crippen LogP contribution in [0.15, 0.2) is 82.6 Å². The predicted molar refractivity (Wildman–Crippen MR) is 182 cm³/mol. The molecule has 9 nitrogen and oxygen atoms in total. The van der Waals surface area contributed by atoms with Gasteiger partial charge in [0, 0.05) is 21.9 Å². The fourth-order valence-corrected chi connectivity index (χ4v) is 7.24. The van der Waals surface area contributed by atoms with Gasteiger partial charge in [-0.1, -0.05) is 77.4 Å². The molecule has 4 rings (SSSR count). The van der Waals surface area contributed by atoms with Gasteiger partial charge in [-0.2, -0.15) is 16.8 Å². The second kappa shape index (κ2) is 13.8. The summed E-state index contributed by atoms with van der Waals surface area (Å²) in [5, 5.41) is 1.38. The molecule has 0 amide bonds. The third kappa shape index (κ3) is 7.70.